The first kappa shape index (κ1) is 16.0. The van der Waals surface area contributed by atoms with E-state index in [1.54, 1.807) is 36.7 Å². The number of nitrogens with zero attached hydrogens (tertiary/aromatic N) is 3. The summed E-state index contributed by atoms with van der Waals surface area (Å²) in [5, 5.41) is 5.45. The Kier molecular flexibility index (Phi) is 4.16. The molecule has 3 aromatic heterocycles. The van der Waals surface area contributed by atoms with Crippen LogP contribution in [0.1, 0.15) is 0 Å². The first-order valence-corrected chi connectivity index (χ1v) is 8.56. The number of hydrogen-bond acceptors (Lipinski definition) is 6. The number of rotatable bonds is 5. The van der Waals surface area contributed by atoms with Crippen LogP contribution in [0.4, 0.5) is 5.69 Å². The summed E-state index contributed by atoms with van der Waals surface area (Å²) in [6, 6.07) is 7.01. The van der Waals surface area contributed by atoms with E-state index in [4.69, 9.17) is 4.74 Å². The van der Waals surface area contributed by atoms with Crippen LogP contribution in [0.15, 0.2) is 60.9 Å². The molecule has 0 aliphatic carbocycles. The number of H-pyrrole nitrogens is 1. The maximum atomic E-state index is 11.4. The van der Waals surface area contributed by atoms with E-state index in [9.17, 15) is 4.79 Å². The summed E-state index contributed by atoms with van der Waals surface area (Å²) in [5.74, 6) is 0.595. The number of hydrogen-bond donors (Lipinski definition) is 2. The van der Waals surface area contributed by atoms with Gasteiger partial charge in [-0.3, -0.25) is 4.79 Å². The molecule has 0 atom stereocenters. The zero-order valence-electron chi connectivity index (χ0n) is 13.5. The van der Waals surface area contributed by atoms with Crippen LogP contribution in [0.5, 0.6) is 11.6 Å². The van der Waals surface area contributed by atoms with E-state index in [0.29, 0.717) is 28.5 Å². The summed E-state index contributed by atoms with van der Waals surface area (Å²) in [6.07, 6.45) is 6.33. The number of benzene rings is 1. The Labute approximate surface area is 152 Å². The van der Waals surface area contributed by atoms with Crippen molar-refractivity contribution in [2.45, 2.75) is 0 Å². The van der Waals surface area contributed by atoms with E-state index in [0.717, 1.165) is 10.6 Å². The summed E-state index contributed by atoms with van der Waals surface area (Å²) >= 11 is 1.53. The summed E-state index contributed by atoms with van der Waals surface area (Å²) in [4.78, 5) is 27.7. The average molecular weight is 363 g/mol. The number of carbonyl (C=O) groups is 1. The molecule has 0 unspecified atom stereocenters. The highest BCUT2D eigenvalue weighted by atomic mass is 32.1. The highest BCUT2D eigenvalue weighted by molar-refractivity contribution is 7.13. The molecule has 4 rings (SSSR count). The maximum absolute atomic E-state index is 11.4. The van der Waals surface area contributed by atoms with Crippen molar-refractivity contribution in [3.63, 3.8) is 0 Å². The Morgan fingerprint density at radius 2 is 2.27 bits per heavy atom. The molecule has 3 heterocycles. The molecule has 0 radical (unpaired) electrons. The van der Waals surface area contributed by atoms with Gasteiger partial charge in [-0.2, -0.15) is 0 Å². The molecule has 0 fully saturated rings. The molecule has 0 spiro atoms. The van der Waals surface area contributed by atoms with Crippen LogP contribution >= 0.6 is 11.3 Å². The number of carbonyl (C=O) groups excluding carboxylic acids is 1. The molecule has 1 aromatic carbocycles. The van der Waals surface area contributed by atoms with Gasteiger partial charge in [-0.1, -0.05) is 12.6 Å². The van der Waals surface area contributed by atoms with Crippen molar-refractivity contribution in [2.24, 2.45) is 0 Å². The molecule has 26 heavy (non-hydrogen) atoms. The van der Waals surface area contributed by atoms with Gasteiger partial charge in [0.05, 0.1) is 11.8 Å². The fourth-order valence-electron chi connectivity index (χ4n) is 2.40. The number of thiazole rings is 1. The molecule has 128 valence electrons. The minimum absolute atomic E-state index is 0.288. The summed E-state index contributed by atoms with van der Waals surface area (Å²) in [7, 11) is 0. The van der Waals surface area contributed by atoms with Crippen LogP contribution in [-0.4, -0.2) is 25.8 Å². The second-order valence-electron chi connectivity index (χ2n) is 5.27. The monoisotopic (exact) mass is 363 g/mol. The van der Waals surface area contributed by atoms with Gasteiger partial charge in [0.15, 0.2) is 5.65 Å². The van der Waals surface area contributed by atoms with Crippen molar-refractivity contribution in [3.05, 3.63) is 60.9 Å². The van der Waals surface area contributed by atoms with Crippen molar-refractivity contribution in [2.75, 3.05) is 5.32 Å². The molecule has 0 aliphatic heterocycles. The van der Waals surface area contributed by atoms with Crippen LogP contribution in [0.25, 0.3) is 21.7 Å². The largest absolute Gasteiger partial charge is 0.437 e. The lowest BCUT2D eigenvalue weighted by Crippen LogP contribution is -2.07. The predicted molar refractivity (Wildman–Crippen MR) is 100 cm³/mol. The van der Waals surface area contributed by atoms with Crippen LogP contribution in [0, 0.1) is 0 Å². The second kappa shape index (κ2) is 6.77. The van der Waals surface area contributed by atoms with Crippen molar-refractivity contribution in [1.29, 1.82) is 0 Å². The minimum Gasteiger partial charge on any atom is -0.437 e. The molecule has 0 aliphatic rings. The predicted octanol–water partition coefficient (Wildman–Crippen LogP) is 4.00. The number of aromatic amines is 1. The molecule has 0 bridgehead atoms. The fourth-order valence-corrected chi connectivity index (χ4v) is 3.05. The second-order valence-corrected chi connectivity index (χ2v) is 6.16. The zero-order valence-corrected chi connectivity index (χ0v) is 14.3. The van der Waals surface area contributed by atoms with Gasteiger partial charge >= 0.3 is 0 Å². The highest BCUT2D eigenvalue weighted by Crippen LogP contribution is 2.30. The maximum Gasteiger partial charge on any atom is 0.247 e. The molecule has 1 amide bonds. The van der Waals surface area contributed by atoms with E-state index >= 15 is 0 Å². The number of nitrogens with one attached hydrogen (secondary N) is 2. The van der Waals surface area contributed by atoms with E-state index in [1.165, 1.54) is 17.4 Å². The summed E-state index contributed by atoms with van der Waals surface area (Å²) < 4.78 is 5.80. The normalized spacial score (nSPS) is 10.6. The van der Waals surface area contributed by atoms with Crippen LogP contribution in [0.2, 0.25) is 0 Å². The molecule has 2 N–H and O–H groups in total. The molecule has 0 saturated carbocycles. The Balaban J connectivity index is 1.63. The molecular formula is C18H13N5O2S. The van der Waals surface area contributed by atoms with Gasteiger partial charge in [0.2, 0.25) is 11.8 Å². The smallest absolute Gasteiger partial charge is 0.247 e. The molecule has 4 aromatic rings. The van der Waals surface area contributed by atoms with Crippen LogP contribution in [-0.2, 0) is 4.79 Å². The number of aromatic nitrogens is 4. The molecular weight excluding hydrogens is 350 g/mol. The number of anilines is 1. The molecule has 8 heteroatoms. The number of ether oxygens (including phenoxy) is 1. The van der Waals surface area contributed by atoms with Gasteiger partial charge < -0.3 is 15.0 Å². The van der Waals surface area contributed by atoms with E-state index < -0.39 is 0 Å². The van der Waals surface area contributed by atoms with E-state index in [2.05, 4.69) is 31.8 Å². The van der Waals surface area contributed by atoms with Gasteiger partial charge in [0, 0.05) is 29.5 Å². The summed E-state index contributed by atoms with van der Waals surface area (Å²) in [6.45, 7) is 3.43. The van der Waals surface area contributed by atoms with Crippen LogP contribution in [0.3, 0.4) is 0 Å². The quantitative estimate of drug-likeness (QED) is 0.523. The van der Waals surface area contributed by atoms with Gasteiger partial charge in [-0.15, -0.1) is 11.3 Å². The zero-order chi connectivity index (χ0) is 17.9. The minimum atomic E-state index is -0.288. The van der Waals surface area contributed by atoms with Gasteiger partial charge in [0.25, 0.3) is 0 Å². The van der Waals surface area contributed by atoms with Crippen LogP contribution < -0.4 is 10.1 Å². The lowest BCUT2D eigenvalue weighted by Gasteiger charge is -2.07. The number of fused-ring (bicyclic) bond motifs is 1. The SMILES string of the molecule is C=CC(=O)Nc1cccc(Oc2cnc3[nH]cc(-c4nccs4)c3n2)c1. The Morgan fingerprint density at radius 1 is 1.35 bits per heavy atom. The standard InChI is InChI=1S/C18H13N5O2S/c1-2-14(24)22-11-4-3-5-12(8-11)25-15-10-21-17-16(23-15)13(9-20-17)18-19-6-7-26-18/h2-10H,1H2,(H,20,21)(H,22,24). The lowest BCUT2D eigenvalue weighted by atomic mass is 10.3. The number of amides is 1. The first-order valence-electron chi connectivity index (χ1n) is 7.68. The van der Waals surface area contributed by atoms with Gasteiger partial charge in [-0.05, 0) is 18.2 Å². The Morgan fingerprint density at radius 3 is 3.08 bits per heavy atom. The van der Waals surface area contributed by atoms with Crippen molar-refractivity contribution < 1.29 is 9.53 Å². The van der Waals surface area contributed by atoms with E-state index in [-0.39, 0.29) is 5.91 Å². The molecule has 7 nitrogen and oxygen atoms in total. The van der Waals surface area contributed by atoms with Crippen molar-refractivity contribution in [3.8, 4) is 22.2 Å². The fraction of sp³-hybridized carbons (Fsp3) is 0. The third kappa shape index (κ3) is 3.17. The third-order valence-corrected chi connectivity index (χ3v) is 4.34. The Hall–Kier alpha value is -3.52. The first-order chi connectivity index (χ1) is 12.7. The molecule has 0 saturated heterocycles. The van der Waals surface area contributed by atoms with Gasteiger partial charge in [-0.25, -0.2) is 15.0 Å². The Bertz CT molecular complexity index is 1090. The van der Waals surface area contributed by atoms with Crippen molar-refractivity contribution >= 4 is 34.1 Å². The highest BCUT2D eigenvalue weighted by Gasteiger charge is 2.12. The average Bonchev–Trinajstić information content (AvgIpc) is 3.31. The lowest BCUT2D eigenvalue weighted by molar-refractivity contribution is -0.111. The third-order valence-electron chi connectivity index (χ3n) is 3.53. The summed E-state index contributed by atoms with van der Waals surface area (Å²) in [5.41, 5.74) is 2.83. The topological polar surface area (TPSA) is 92.8 Å². The van der Waals surface area contributed by atoms with Gasteiger partial charge in [0.1, 0.15) is 16.3 Å². The van der Waals surface area contributed by atoms with Crippen molar-refractivity contribution in [1.82, 2.24) is 19.9 Å². The van der Waals surface area contributed by atoms with E-state index in [1.807, 2.05) is 11.6 Å².